The molecule has 0 radical (unpaired) electrons. The molecule has 4 heteroatoms. The summed E-state index contributed by atoms with van der Waals surface area (Å²) < 4.78 is 3.13. The number of hydrogen-bond donors (Lipinski definition) is 0. The second kappa shape index (κ2) is 5.75. The fourth-order valence-electron chi connectivity index (χ4n) is 1.80. The average molecular weight is 322 g/mol. The van der Waals surface area contributed by atoms with Gasteiger partial charge in [0.05, 0.1) is 15.9 Å². The summed E-state index contributed by atoms with van der Waals surface area (Å²) in [5.41, 5.74) is 2.49. The molecule has 0 aliphatic carbocycles. The van der Waals surface area contributed by atoms with Crippen molar-refractivity contribution in [1.29, 1.82) is 0 Å². The van der Waals surface area contributed by atoms with E-state index in [-0.39, 0.29) is 5.41 Å². The monoisotopic (exact) mass is 320 g/mol. The molecule has 0 bridgehead atoms. The van der Waals surface area contributed by atoms with Crippen molar-refractivity contribution in [1.82, 2.24) is 9.78 Å². The molecule has 1 atom stereocenters. The lowest BCUT2D eigenvalue weighted by Gasteiger charge is -2.31. The van der Waals surface area contributed by atoms with Gasteiger partial charge >= 0.3 is 0 Å². The highest BCUT2D eigenvalue weighted by molar-refractivity contribution is 9.10. The van der Waals surface area contributed by atoms with Crippen LogP contribution in [-0.4, -0.2) is 15.7 Å². The van der Waals surface area contributed by atoms with Crippen LogP contribution in [0.1, 0.15) is 39.1 Å². The minimum atomic E-state index is 0.114. The standard InChI is InChI=1S/C13H22BrClN2/c1-6-10-12(14)11(17(5)16-10)7-13(4,8-15)9(2)3/h9H,6-8H2,1-5H3. The molecule has 0 aromatic carbocycles. The predicted molar refractivity (Wildman–Crippen MR) is 77.7 cm³/mol. The van der Waals surface area contributed by atoms with Crippen molar-refractivity contribution in [2.75, 3.05) is 5.88 Å². The van der Waals surface area contributed by atoms with Gasteiger partial charge in [-0.05, 0) is 40.1 Å². The first-order chi connectivity index (χ1) is 7.85. The molecule has 1 heterocycles. The fraction of sp³-hybridized carbons (Fsp3) is 0.769. The molecule has 1 aromatic rings. The summed E-state index contributed by atoms with van der Waals surface area (Å²) in [6, 6.07) is 0. The molecule has 0 aliphatic heterocycles. The highest BCUT2D eigenvalue weighted by Crippen LogP contribution is 2.35. The summed E-state index contributed by atoms with van der Waals surface area (Å²) in [6.45, 7) is 8.83. The van der Waals surface area contributed by atoms with Gasteiger partial charge in [-0.3, -0.25) is 4.68 Å². The number of aromatic nitrogens is 2. The van der Waals surface area contributed by atoms with E-state index in [4.69, 9.17) is 11.6 Å². The topological polar surface area (TPSA) is 17.8 Å². The van der Waals surface area contributed by atoms with Crippen LogP contribution in [-0.2, 0) is 19.9 Å². The van der Waals surface area contributed by atoms with Crippen molar-refractivity contribution in [3.63, 3.8) is 0 Å². The Hall–Kier alpha value is -0.0200. The van der Waals surface area contributed by atoms with Crippen molar-refractivity contribution in [3.8, 4) is 0 Å². The molecule has 0 saturated heterocycles. The number of hydrogen-bond acceptors (Lipinski definition) is 1. The quantitative estimate of drug-likeness (QED) is 0.744. The Morgan fingerprint density at radius 2 is 2.06 bits per heavy atom. The molecule has 1 rings (SSSR count). The smallest absolute Gasteiger partial charge is 0.0766 e. The van der Waals surface area contributed by atoms with E-state index in [9.17, 15) is 0 Å². The van der Waals surface area contributed by atoms with Crippen LogP contribution in [0.3, 0.4) is 0 Å². The van der Waals surface area contributed by atoms with E-state index in [2.05, 4.69) is 48.7 Å². The van der Waals surface area contributed by atoms with E-state index in [0.29, 0.717) is 11.8 Å². The Kier molecular flexibility index (Phi) is 5.08. The molecule has 0 N–H and O–H groups in total. The Balaban J connectivity index is 3.06. The first-order valence-electron chi connectivity index (χ1n) is 6.12. The van der Waals surface area contributed by atoms with E-state index >= 15 is 0 Å². The van der Waals surface area contributed by atoms with Crippen LogP contribution in [0.25, 0.3) is 0 Å². The fourth-order valence-corrected chi connectivity index (χ4v) is 2.96. The van der Waals surface area contributed by atoms with Gasteiger partial charge in [0.2, 0.25) is 0 Å². The van der Waals surface area contributed by atoms with E-state index in [0.717, 1.165) is 23.0 Å². The van der Waals surface area contributed by atoms with Crippen LogP contribution >= 0.6 is 27.5 Å². The number of rotatable bonds is 5. The summed E-state index contributed by atoms with van der Waals surface area (Å²) in [7, 11) is 2.01. The van der Waals surface area contributed by atoms with Gasteiger partial charge in [-0.1, -0.05) is 27.7 Å². The van der Waals surface area contributed by atoms with Crippen LogP contribution in [0.15, 0.2) is 4.47 Å². The van der Waals surface area contributed by atoms with Gasteiger partial charge in [0.15, 0.2) is 0 Å². The zero-order chi connectivity index (χ0) is 13.2. The summed E-state index contributed by atoms with van der Waals surface area (Å²) in [5.74, 6) is 1.22. The number of aryl methyl sites for hydroxylation is 2. The van der Waals surface area contributed by atoms with Gasteiger partial charge in [0, 0.05) is 12.9 Å². The van der Waals surface area contributed by atoms with Gasteiger partial charge in [0.1, 0.15) is 0 Å². The van der Waals surface area contributed by atoms with Gasteiger partial charge in [-0.15, -0.1) is 11.6 Å². The highest BCUT2D eigenvalue weighted by Gasteiger charge is 2.30. The minimum Gasteiger partial charge on any atom is -0.271 e. The molecular weight excluding hydrogens is 300 g/mol. The lowest BCUT2D eigenvalue weighted by atomic mass is 9.77. The number of alkyl halides is 1. The maximum atomic E-state index is 6.15. The Morgan fingerprint density at radius 1 is 1.47 bits per heavy atom. The zero-order valence-electron chi connectivity index (χ0n) is 11.3. The van der Waals surface area contributed by atoms with Crippen LogP contribution in [0.5, 0.6) is 0 Å². The van der Waals surface area contributed by atoms with E-state index in [1.165, 1.54) is 5.69 Å². The summed E-state index contributed by atoms with van der Waals surface area (Å²) in [5, 5.41) is 4.53. The maximum absolute atomic E-state index is 6.15. The molecule has 0 amide bonds. The van der Waals surface area contributed by atoms with Gasteiger partial charge in [0.25, 0.3) is 0 Å². The van der Waals surface area contributed by atoms with Crippen molar-refractivity contribution >= 4 is 27.5 Å². The minimum absolute atomic E-state index is 0.114. The number of nitrogens with zero attached hydrogens (tertiary/aromatic N) is 2. The normalized spacial score (nSPS) is 15.3. The third kappa shape index (κ3) is 3.05. The predicted octanol–water partition coefficient (Wildman–Crippen LogP) is 4.19. The van der Waals surface area contributed by atoms with E-state index in [1.807, 2.05) is 11.7 Å². The molecule has 0 spiro atoms. The second-order valence-corrected chi connectivity index (χ2v) is 6.36. The average Bonchev–Trinajstić information content (AvgIpc) is 2.55. The van der Waals surface area contributed by atoms with Crippen LogP contribution in [0, 0.1) is 11.3 Å². The summed E-state index contributed by atoms with van der Waals surface area (Å²) in [6.07, 6.45) is 1.91. The van der Waals surface area contributed by atoms with Crippen LogP contribution in [0.4, 0.5) is 0 Å². The van der Waals surface area contributed by atoms with Crippen molar-refractivity contribution in [2.45, 2.75) is 40.5 Å². The lowest BCUT2D eigenvalue weighted by Crippen LogP contribution is -2.29. The van der Waals surface area contributed by atoms with E-state index in [1.54, 1.807) is 0 Å². The van der Waals surface area contributed by atoms with E-state index < -0.39 is 0 Å². The summed E-state index contributed by atoms with van der Waals surface area (Å²) >= 11 is 9.82. The van der Waals surface area contributed by atoms with Crippen molar-refractivity contribution in [2.24, 2.45) is 18.4 Å². The van der Waals surface area contributed by atoms with Gasteiger partial charge in [-0.2, -0.15) is 5.10 Å². The SMILES string of the molecule is CCc1nn(C)c(CC(C)(CCl)C(C)C)c1Br. The largest absolute Gasteiger partial charge is 0.271 e. The molecule has 0 saturated carbocycles. The Bertz CT molecular complexity index is 387. The molecule has 0 aliphatic rings. The molecule has 0 fully saturated rings. The Labute approximate surface area is 118 Å². The molecule has 2 nitrogen and oxygen atoms in total. The molecule has 1 unspecified atom stereocenters. The molecule has 98 valence electrons. The number of halogens is 2. The lowest BCUT2D eigenvalue weighted by molar-refractivity contribution is 0.247. The molecule has 1 aromatic heterocycles. The highest BCUT2D eigenvalue weighted by atomic mass is 79.9. The van der Waals surface area contributed by atoms with Crippen molar-refractivity contribution < 1.29 is 0 Å². The first-order valence-corrected chi connectivity index (χ1v) is 7.44. The third-order valence-electron chi connectivity index (χ3n) is 3.77. The maximum Gasteiger partial charge on any atom is 0.0766 e. The van der Waals surface area contributed by atoms with Crippen LogP contribution < -0.4 is 0 Å². The summed E-state index contributed by atoms with van der Waals surface area (Å²) in [4.78, 5) is 0. The second-order valence-electron chi connectivity index (χ2n) is 5.30. The zero-order valence-corrected chi connectivity index (χ0v) is 13.7. The molecule has 17 heavy (non-hydrogen) atoms. The van der Waals surface area contributed by atoms with Crippen molar-refractivity contribution in [3.05, 3.63) is 15.9 Å². The Morgan fingerprint density at radius 3 is 2.41 bits per heavy atom. The molecular formula is C13H22BrClN2. The third-order valence-corrected chi connectivity index (χ3v) is 5.30. The first kappa shape index (κ1) is 15.0. The van der Waals surface area contributed by atoms with Gasteiger partial charge < -0.3 is 0 Å². The van der Waals surface area contributed by atoms with Gasteiger partial charge in [-0.25, -0.2) is 0 Å². The van der Waals surface area contributed by atoms with Crippen LogP contribution in [0.2, 0.25) is 0 Å².